The molecule has 2 N–H and O–H groups in total. The van der Waals surface area contributed by atoms with Crippen LogP contribution in [0.3, 0.4) is 0 Å². The van der Waals surface area contributed by atoms with Gasteiger partial charge in [-0.05, 0) is 0 Å². The van der Waals surface area contributed by atoms with E-state index in [-0.39, 0.29) is 6.08 Å². The average Bonchev–Trinajstić information content (AvgIpc) is 2.46. The van der Waals surface area contributed by atoms with Crippen LogP contribution in [0.1, 0.15) is 0 Å². The molecule has 0 aliphatic heterocycles. The molecular formula is C11H12F5NO7S. The van der Waals surface area contributed by atoms with Gasteiger partial charge in [0, 0.05) is 12.6 Å². The highest BCUT2D eigenvalue weighted by atomic mass is 32.2. The molecule has 0 aromatic heterocycles. The van der Waals surface area contributed by atoms with Crippen LogP contribution >= 0.6 is 0 Å². The molecule has 8 nitrogen and oxygen atoms in total. The molecule has 0 bridgehead atoms. The second-order valence-corrected chi connectivity index (χ2v) is 5.69. The summed E-state index contributed by atoms with van der Waals surface area (Å²) < 4.78 is 103. The summed E-state index contributed by atoms with van der Waals surface area (Å²) >= 11 is 0. The number of halogens is 5. The number of amides is 1. The highest BCUT2D eigenvalue weighted by Gasteiger charge is 2.67. The van der Waals surface area contributed by atoms with Crippen molar-refractivity contribution < 1.29 is 54.0 Å². The van der Waals surface area contributed by atoms with Crippen LogP contribution in [0.25, 0.3) is 0 Å². The van der Waals surface area contributed by atoms with Crippen LogP contribution < -0.4 is 5.32 Å². The summed E-state index contributed by atoms with van der Waals surface area (Å²) in [5.41, 5.74) is 0. The van der Waals surface area contributed by atoms with E-state index in [9.17, 15) is 40.0 Å². The van der Waals surface area contributed by atoms with Gasteiger partial charge in [0.1, 0.15) is 6.61 Å². The van der Waals surface area contributed by atoms with E-state index in [1.54, 1.807) is 0 Å². The number of nitrogens with one attached hydrogen (secondary N) is 1. The summed E-state index contributed by atoms with van der Waals surface area (Å²) in [5, 5.41) is -3.72. The van der Waals surface area contributed by atoms with Gasteiger partial charge in [-0.15, -0.1) is 6.58 Å². The van der Waals surface area contributed by atoms with Gasteiger partial charge in [0.2, 0.25) is 0 Å². The van der Waals surface area contributed by atoms with Gasteiger partial charge in [0.15, 0.2) is 0 Å². The molecule has 14 heteroatoms. The molecule has 0 aliphatic rings. The molecule has 1 amide bonds. The monoisotopic (exact) mass is 397 g/mol. The Morgan fingerprint density at radius 2 is 1.68 bits per heavy atom. The van der Waals surface area contributed by atoms with Gasteiger partial charge in [-0.1, -0.05) is 12.7 Å². The Labute approximate surface area is 138 Å². The molecule has 0 saturated heterocycles. The normalized spacial score (nSPS) is 15.0. The smallest absolute Gasteiger partial charge is 0.412 e. The summed E-state index contributed by atoms with van der Waals surface area (Å²) in [5.74, 6) is -8.77. The first-order chi connectivity index (χ1) is 11.1. The van der Waals surface area contributed by atoms with E-state index in [4.69, 9.17) is 4.55 Å². The van der Waals surface area contributed by atoms with Gasteiger partial charge in [-0.25, -0.2) is 4.79 Å². The van der Waals surface area contributed by atoms with Crippen molar-refractivity contribution in [3.8, 4) is 0 Å². The third kappa shape index (κ3) is 5.47. The lowest BCUT2D eigenvalue weighted by atomic mass is 10.2. The Morgan fingerprint density at radius 3 is 2.04 bits per heavy atom. The summed E-state index contributed by atoms with van der Waals surface area (Å²) in [6.07, 6.45) is -4.83. The van der Waals surface area contributed by atoms with Crippen molar-refractivity contribution in [2.24, 2.45) is 0 Å². The van der Waals surface area contributed by atoms with E-state index in [2.05, 4.69) is 22.6 Å². The van der Waals surface area contributed by atoms with Crippen molar-refractivity contribution in [2.45, 2.75) is 17.2 Å². The highest BCUT2D eigenvalue weighted by Crippen LogP contribution is 2.37. The fraction of sp³-hybridized carbons (Fsp3) is 0.455. The molecule has 0 saturated carbocycles. The van der Waals surface area contributed by atoms with Gasteiger partial charge >= 0.3 is 39.2 Å². The zero-order valence-electron chi connectivity index (χ0n) is 12.2. The standard InChI is InChI=1S/C11H12F5NO7S/c1-3-5-17-8(19)10(11(14,15)16,24-7(18)4-2)23-6-9(12,13)25(20,21)22/h3-4H,1-2,5-6H2,(H,17,19)(H,20,21,22). The topological polar surface area (TPSA) is 119 Å². The zero-order valence-corrected chi connectivity index (χ0v) is 13.0. The van der Waals surface area contributed by atoms with Crippen molar-refractivity contribution >= 4 is 22.0 Å². The van der Waals surface area contributed by atoms with Crippen molar-refractivity contribution in [2.75, 3.05) is 13.2 Å². The van der Waals surface area contributed by atoms with Crippen LogP contribution in [0.2, 0.25) is 0 Å². The third-order valence-corrected chi connectivity index (χ3v) is 3.18. The van der Waals surface area contributed by atoms with Crippen molar-refractivity contribution in [1.82, 2.24) is 5.32 Å². The first-order valence-electron chi connectivity index (χ1n) is 5.94. The van der Waals surface area contributed by atoms with Crippen LogP contribution in [0, 0.1) is 0 Å². The lowest BCUT2D eigenvalue weighted by Gasteiger charge is -2.33. The Bertz CT molecular complexity index is 646. The maximum absolute atomic E-state index is 13.2. The second-order valence-electron chi connectivity index (χ2n) is 4.14. The number of hydrogen-bond donors (Lipinski definition) is 2. The molecule has 1 unspecified atom stereocenters. The van der Waals surface area contributed by atoms with E-state index in [0.29, 0.717) is 0 Å². The molecule has 1 atom stereocenters. The number of carbonyl (C=O) groups is 2. The fourth-order valence-corrected chi connectivity index (χ4v) is 1.34. The minimum Gasteiger partial charge on any atom is -0.412 e. The van der Waals surface area contributed by atoms with Gasteiger partial charge in [-0.3, -0.25) is 9.35 Å². The SMILES string of the molecule is C=CCNC(=O)C(OCC(F)(F)S(=O)(=O)O)(OC(=O)C=C)C(F)(F)F. The molecular weight excluding hydrogens is 385 g/mol. The summed E-state index contributed by atoms with van der Waals surface area (Å²) in [7, 11) is -6.18. The molecule has 0 radical (unpaired) electrons. The largest absolute Gasteiger partial charge is 0.466 e. The molecule has 0 rings (SSSR count). The van der Waals surface area contributed by atoms with E-state index in [1.165, 1.54) is 5.32 Å². The number of esters is 1. The Balaban J connectivity index is 6.00. The lowest BCUT2D eigenvalue weighted by Crippen LogP contribution is -2.62. The first kappa shape index (κ1) is 22.9. The van der Waals surface area contributed by atoms with Gasteiger partial charge < -0.3 is 14.8 Å². The van der Waals surface area contributed by atoms with E-state index in [0.717, 1.165) is 6.08 Å². The maximum Gasteiger partial charge on any atom is 0.466 e. The van der Waals surface area contributed by atoms with Gasteiger partial charge in [0.25, 0.3) is 0 Å². The average molecular weight is 397 g/mol. The fourth-order valence-electron chi connectivity index (χ4n) is 1.13. The van der Waals surface area contributed by atoms with Crippen molar-refractivity contribution in [3.05, 3.63) is 25.3 Å². The van der Waals surface area contributed by atoms with Crippen LogP contribution in [0.5, 0.6) is 0 Å². The minimum absolute atomic E-state index is 0.172. The van der Waals surface area contributed by atoms with E-state index >= 15 is 0 Å². The molecule has 0 heterocycles. The Morgan fingerprint density at radius 1 is 1.16 bits per heavy atom. The number of rotatable bonds is 9. The first-order valence-corrected chi connectivity index (χ1v) is 7.38. The maximum atomic E-state index is 13.2. The molecule has 0 spiro atoms. The zero-order chi connectivity index (χ0) is 20.1. The van der Waals surface area contributed by atoms with Crippen molar-refractivity contribution in [3.63, 3.8) is 0 Å². The highest BCUT2D eigenvalue weighted by molar-refractivity contribution is 7.86. The number of hydrogen-bond acceptors (Lipinski definition) is 6. The molecule has 144 valence electrons. The number of alkyl halides is 5. The van der Waals surface area contributed by atoms with Gasteiger partial charge in [0.05, 0.1) is 0 Å². The van der Waals surface area contributed by atoms with Crippen molar-refractivity contribution in [1.29, 1.82) is 0 Å². The van der Waals surface area contributed by atoms with Crippen LogP contribution in [0.4, 0.5) is 22.0 Å². The van der Waals surface area contributed by atoms with Crippen LogP contribution in [-0.2, 0) is 29.2 Å². The molecule has 0 fully saturated rings. The summed E-state index contributed by atoms with van der Waals surface area (Å²) in [6, 6.07) is 0. The molecule has 0 aromatic rings. The predicted molar refractivity (Wildman–Crippen MR) is 70.7 cm³/mol. The quantitative estimate of drug-likeness (QED) is 0.147. The summed E-state index contributed by atoms with van der Waals surface area (Å²) in [6.45, 7) is 2.58. The van der Waals surface area contributed by atoms with Crippen LogP contribution in [-0.4, -0.2) is 55.2 Å². The van der Waals surface area contributed by atoms with Gasteiger partial charge in [-0.2, -0.15) is 30.4 Å². The molecule has 0 aliphatic carbocycles. The predicted octanol–water partition coefficient (Wildman–Crippen LogP) is 0.774. The van der Waals surface area contributed by atoms with E-state index < -0.39 is 52.4 Å². The minimum atomic E-state index is -6.18. The number of carbonyl (C=O) groups excluding carboxylic acids is 2. The lowest BCUT2D eigenvalue weighted by molar-refractivity contribution is -0.352. The third-order valence-electron chi connectivity index (χ3n) is 2.31. The Hall–Kier alpha value is -2.06. The number of ether oxygens (including phenoxy) is 2. The molecule has 25 heavy (non-hydrogen) atoms. The second kappa shape index (κ2) is 7.88. The molecule has 0 aromatic carbocycles. The summed E-state index contributed by atoms with van der Waals surface area (Å²) in [4.78, 5) is 22.8. The van der Waals surface area contributed by atoms with E-state index in [1.807, 2.05) is 0 Å². The Kier molecular flexibility index (Phi) is 7.23. The van der Waals surface area contributed by atoms with Crippen LogP contribution in [0.15, 0.2) is 25.3 Å².